The van der Waals surface area contributed by atoms with Gasteiger partial charge in [-0.2, -0.15) is 5.10 Å². The van der Waals surface area contributed by atoms with E-state index in [-0.39, 0.29) is 24.7 Å². The number of halogens is 1. The summed E-state index contributed by atoms with van der Waals surface area (Å²) in [6.07, 6.45) is 0.237. The Balaban J connectivity index is 1.60. The van der Waals surface area contributed by atoms with Crippen LogP contribution in [0.15, 0.2) is 41.8 Å². The van der Waals surface area contributed by atoms with Crippen molar-refractivity contribution in [3.63, 3.8) is 0 Å². The summed E-state index contributed by atoms with van der Waals surface area (Å²) in [5, 5.41) is 11.7. The molecule has 0 fully saturated rings. The first kappa shape index (κ1) is 16.5. The number of hydrogen-bond acceptors (Lipinski definition) is 4. The minimum Gasteiger partial charge on any atom is -0.352 e. The summed E-state index contributed by atoms with van der Waals surface area (Å²) in [5.41, 5.74) is 0.463. The molecule has 124 valence electrons. The molecule has 0 aliphatic rings. The van der Waals surface area contributed by atoms with E-state index < -0.39 is 0 Å². The van der Waals surface area contributed by atoms with Gasteiger partial charge in [0.2, 0.25) is 5.91 Å². The number of amides is 1. The molecule has 5 nitrogen and oxygen atoms in total. The SMILES string of the molecule is O=C(CCn1c(-c2cccs2)n[nH]c1=S)NCc1ccccc1F. The highest BCUT2D eigenvalue weighted by Gasteiger charge is 2.11. The van der Waals surface area contributed by atoms with Gasteiger partial charge in [-0.25, -0.2) is 4.39 Å². The summed E-state index contributed by atoms with van der Waals surface area (Å²) >= 11 is 6.78. The molecule has 0 bridgehead atoms. The molecule has 8 heteroatoms. The maximum Gasteiger partial charge on any atom is 0.222 e. The van der Waals surface area contributed by atoms with Gasteiger partial charge in [0.1, 0.15) is 5.82 Å². The van der Waals surface area contributed by atoms with E-state index in [0.29, 0.717) is 16.9 Å². The molecule has 0 unspecified atom stereocenters. The van der Waals surface area contributed by atoms with Gasteiger partial charge in [-0.05, 0) is 29.7 Å². The topological polar surface area (TPSA) is 62.7 Å². The van der Waals surface area contributed by atoms with Crippen LogP contribution in [0.25, 0.3) is 10.7 Å². The van der Waals surface area contributed by atoms with E-state index in [1.54, 1.807) is 34.1 Å². The van der Waals surface area contributed by atoms with Gasteiger partial charge >= 0.3 is 0 Å². The first-order chi connectivity index (χ1) is 11.6. The van der Waals surface area contributed by atoms with Crippen molar-refractivity contribution in [3.05, 3.63) is 57.9 Å². The number of aromatic amines is 1. The highest BCUT2D eigenvalue weighted by atomic mass is 32.1. The summed E-state index contributed by atoms with van der Waals surface area (Å²) < 4.78 is 15.8. The highest BCUT2D eigenvalue weighted by Crippen LogP contribution is 2.22. The molecular formula is C16H15FN4OS2. The van der Waals surface area contributed by atoms with E-state index in [9.17, 15) is 9.18 Å². The maximum atomic E-state index is 13.5. The van der Waals surface area contributed by atoms with Crippen LogP contribution in [0.1, 0.15) is 12.0 Å². The third-order valence-electron chi connectivity index (χ3n) is 3.50. The van der Waals surface area contributed by atoms with Crippen LogP contribution in [0, 0.1) is 10.6 Å². The molecule has 3 rings (SSSR count). The largest absolute Gasteiger partial charge is 0.352 e. The van der Waals surface area contributed by atoms with Crippen molar-refractivity contribution in [2.24, 2.45) is 0 Å². The number of H-pyrrole nitrogens is 1. The second-order valence-corrected chi connectivity index (χ2v) is 6.43. The number of thiophene rings is 1. The number of nitrogens with one attached hydrogen (secondary N) is 2. The zero-order valence-electron chi connectivity index (χ0n) is 12.7. The number of carbonyl (C=O) groups is 1. The number of hydrogen-bond donors (Lipinski definition) is 2. The molecule has 0 atom stereocenters. The van der Waals surface area contributed by atoms with Crippen LogP contribution >= 0.6 is 23.6 Å². The van der Waals surface area contributed by atoms with E-state index in [1.165, 1.54) is 6.07 Å². The molecule has 0 aliphatic heterocycles. The quantitative estimate of drug-likeness (QED) is 0.660. The molecule has 2 N–H and O–H groups in total. The Morgan fingerprint density at radius 2 is 2.17 bits per heavy atom. The Morgan fingerprint density at radius 1 is 1.33 bits per heavy atom. The van der Waals surface area contributed by atoms with Crippen LogP contribution in [0.5, 0.6) is 0 Å². The fourth-order valence-corrected chi connectivity index (χ4v) is 3.20. The summed E-state index contributed by atoms with van der Waals surface area (Å²) in [7, 11) is 0. The van der Waals surface area contributed by atoms with Crippen LogP contribution in [0.4, 0.5) is 4.39 Å². The summed E-state index contributed by atoms with van der Waals surface area (Å²) in [6.45, 7) is 0.575. The average molecular weight is 362 g/mol. The van der Waals surface area contributed by atoms with Crippen LogP contribution in [0.3, 0.4) is 0 Å². The summed E-state index contributed by atoms with van der Waals surface area (Å²) in [5.74, 6) is 0.227. The second kappa shape index (κ2) is 7.50. The molecule has 0 saturated carbocycles. The van der Waals surface area contributed by atoms with E-state index >= 15 is 0 Å². The molecule has 1 aromatic carbocycles. The van der Waals surface area contributed by atoms with Gasteiger partial charge < -0.3 is 5.32 Å². The Morgan fingerprint density at radius 3 is 2.92 bits per heavy atom. The summed E-state index contributed by atoms with van der Waals surface area (Å²) in [4.78, 5) is 13.0. The lowest BCUT2D eigenvalue weighted by Crippen LogP contribution is -2.24. The second-order valence-electron chi connectivity index (χ2n) is 5.10. The van der Waals surface area contributed by atoms with E-state index in [2.05, 4.69) is 15.5 Å². The average Bonchev–Trinajstić information content (AvgIpc) is 3.22. The van der Waals surface area contributed by atoms with Gasteiger partial charge in [0, 0.05) is 25.1 Å². The zero-order chi connectivity index (χ0) is 16.9. The molecular weight excluding hydrogens is 347 g/mol. The molecule has 3 aromatic rings. The van der Waals surface area contributed by atoms with E-state index in [1.807, 2.05) is 17.5 Å². The normalized spacial score (nSPS) is 10.7. The molecule has 0 aliphatic carbocycles. The summed E-state index contributed by atoms with van der Waals surface area (Å²) in [6, 6.07) is 10.3. The predicted molar refractivity (Wildman–Crippen MR) is 93.6 cm³/mol. The monoisotopic (exact) mass is 362 g/mol. The van der Waals surface area contributed by atoms with E-state index in [4.69, 9.17) is 12.2 Å². The minimum atomic E-state index is -0.324. The first-order valence-electron chi connectivity index (χ1n) is 7.34. The molecule has 24 heavy (non-hydrogen) atoms. The molecule has 1 amide bonds. The van der Waals surface area contributed by atoms with Crippen molar-refractivity contribution in [1.82, 2.24) is 20.1 Å². The lowest BCUT2D eigenvalue weighted by Gasteiger charge is -2.08. The Kier molecular flexibility index (Phi) is 5.17. The van der Waals surface area contributed by atoms with Crippen molar-refractivity contribution < 1.29 is 9.18 Å². The predicted octanol–water partition coefficient (Wildman–Crippen LogP) is 3.51. The van der Waals surface area contributed by atoms with Gasteiger partial charge in [0.05, 0.1) is 4.88 Å². The van der Waals surface area contributed by atoms with Crippen molar-refractivity contribution in [2.45, 2.75) is 19.5 Å². The van der Waals surface area contributed by atoms with Crippen molar-refractivity contribution in [2.75, 3.05) is 0 Å². The molecule has 0 saturated heterocycles. The van der Waals surface area contributed by atoms with Crippen LogP contribution in [-0.2, 0) is 17.9 Å². The lowest BCUT2D eigenvalue weighted by atomic mass is 10.2. The highest BCUT2D eigenvalue weighted by molar-refractivity contribution is 7.71. The third-order valence-corrected chi connectivity index (χ3v) is 4.67. The van der Waals surface area contributed by atoms with Crippen LogP contribution in [-0.4, -0.2) is 20.7 Å². The van der Waals surface area contributed by atoms with Crippen LogP contribution in [0.2, 0.25) is 0 Å². The molecule has 2 aromatic heterocycles. The standard InChI is InChI=1S/C16H15FN4OS2/c17-12-5-2-1-4-11(12)10-18-14(22)7-8-21-15(19-20-16(21)23)13-6-3-9-24-13/h1-6,9H,7-8,10H2,(H,18,22)(H,20,23). The Hall–Kier alpha value is -2.32. The lowest BCUT2D eigenvalue weighted by molar-refractivity contribution is -0.121. The molecule has 0 radical (unpaired) electrons. The van der Waals surface area contributed by atoms with Crippen molar-refractivity contribution >= 4 is 29.5 Å². The Bertz CT molecular complexity index is 886. The molecule has 2 heterocycles. The van der Waals surface area contributed by atoms with Crippen LogP contribution < -0.4 is 5.32 Å². The number of benzene rings is 1. The van der Waals surface area contributed by atoms with Gasteiger partial charge in [0.15, 0.2) is 10.6 Å². The number of carbonyl (C=O) groups excluding carboxylic acids is 1. The number of rotatable bonds is 6. The maximum absolute atomic E-state index is 13.5. The van der Waals surface area contributed by atoms with Gasteiger partial charge in [0.25, 0.3) is 0 Å². The molecule has 0 spiro atoms. The fourth-order valence-electron chi connectivity index (χ4n) is 2.26. The number of aromatic nitrogens is 3. The minimum absolute atomic E-state index is 0.167. The number of nitrogens with zero attached hydrogens (tertiary/aromatic N) is 2. The first-order valence-corrected chi connectivity index (χ1v) is 8.63. The smallest absolute Gasteiger partial charge is 0.222 e. The van der Waals surface area contributed by atoms with Crippen molar-refractivity contribution in [3.8, 4) is 10.7 Å². The van der Waals surface area contributed by atoms with E-state index in [0.717, 1.165) is 10.7 Å². The van der Waals surface area contributed by atoms with Gasteiger partial charge in [-0.15, -0.1) is 11.3 Å². The Labute approximate surface area is 147 Å². The third kappa shape index (κ3) is 3.77. The van der Waals surface area contributed by atoms with Gasteiger partial charge in [-0.3, -0.25) is 14.5 Å². The van der Waals surface area contributed by atoms with Crippen molar-refractivity contribution in [1.29, 1.82) is 0 Å². The van der Waals surface area contributed by atoms with Gasteiger partial charge in [-0.1, -0.05) is 24.3 Å². The zero-order valence-corrected chi connectivity index (χ0v) is 14.3. The fraction of sp³-hybridized carbons (Fsp3) is 0.188.